The van der Waals surface area contributed by atoms with Crippen molar-refractivity contribution in [3.8, 4) is 0 Å². The highest BCUT2D eigenvalue weighted by Crippen LogP contribution is 2.10. The molecule has 0 aromatic carbocycles. The van der Waals surface area contributed by atoms with Gasteiger partial charge in [0.15, 0.2) is 0 Å². The zero-order chi connectivity index (χ0) is 8.81. The average Bonchev–Trinajstić information content (AvgIpc) is 2.53. The Hall–Kier alpha value is -0.340. The second-order valence-corrected chi connectivity index (χ2v) is 3.47. The molecule has 1 heterocycles. The molecule has 2 nitrogen and oxygen atoms in total. The molecule has 0 aliphatic carbocycles. The van der Waals surface area contributed by atoms with Gasteiger partial charge < -0.3 is 10.1 Å². The average molecular weight is 169 g/mol. The number of rotatable bonds is 5. The molecule has 1 aliphatic rings. The van der Waals surface area contributed by atoms with Crippen LogP contribution in [0.25, 0.3) is 0 Å². The zero-order valence-electron chi connectivity index (χ0n) is 7.88. The highest BCUT2D eigenvalue weighted by molar-refractivity contribution is 4.76. The summed E-state index contributed by atoms with van der Waals surface area (Å²) in [5, 5.41) is 3.43. The quantitative estimate of drug-likeness (QED) is 0.633. The van der Waals surface area contributed by atoms with Crippen LogP contribution in [-0.4, -0.2) is 25.3 Å². The maximum atomic E-state index is 5.49. The molecule has 1 saturated heterocycles. The van der Waals surface area contributed by atoms with Crippen LogP contribution in [-0.2, 0) is 4.74 Å². The van der Waals surface area contributed by atoms with Crippen molar-refractivity contribution in [3.05, 3.63) is 12.7 Å². The van der Waals surface area contributed by atoms with Crippen LogP contribution in [0.3, 0.4) is 0 Å². The summed E-state index contributed by atoms with van der Waals surface area (Å²) in [4.78, 5) is 0. The van der Waals surface area contributed by atoms with E-state index in [1.807, 2.05) is 6.08 Å². The number of ether oxygens (including phenoxy) is 1. The van der Waals surface area contributed by atoms with Crippen molar-refractivity contribution >= 4 is 0 Å². The van der Waals surface area contributed by atoms with Gasteiger partial charge in [0.25, 0.3) is 0 Å². The molecule has 0 aromatic heterocycles. The minimum absolute atomic E-state index is 0.456. The van der Waals surface area contributed by atoms with E-state index < -0.39 is 0 Å². The molecule has 0 aromatic rings. The van der Waals surface area contributed by atoms with Crippen LogP contribution >= 0.6 is 0 Å². The molecule has 0 bridgehead atoms. The molecule has 0 spiro atoms. The van der Waals surface area contributed by atoms with Crippen LogP contribution in [0.2, 0.25) is 0 Å². The number of hydrogen-bond donors (Lipinski definition) is 1. The van der Waals surface area contributed by atoms with E-state index in [-0.39, 0.29) is 0 Å². The first kappa shape index (κ1) is 9.75. The summed E-state index contributed by atoms with van der Waals surface area (Å²) in [5.74, 6) is 0. The molecule has 1 rings (SSSR count). The van der Waals surface area contributed by atoms with E-state index >= 15 is 0 Å². The minimum atomic E-state index is 0.456. The van der Waals surface area contributed by atoms with Gasteiger partial charge in [-0.25, -0.2) is 0 Å². The predicted octanol–water partition coefficient (Wildman–Crippen LogP) is 1.72. The molecule has 2 atom stereocenters. The van der Waals surface area contributed by atoms with E-state index in [4.69, 9.17) is 4.74 Å². The molecule has 0 radical (unpaired) electrons. The first-order valence-electron chi connectivity index (χ1n) is 4.79. The Morgan fingerprint density at radius 3 is 3.17 bits per heavy atom. The Morgan fingerprint density at radius 2 is 2.58 bits per heavy atom. The van der Waals surface area contributed by atoms with Gasteiger partial charge >= 0.3 is 0 Å². The first-order chi connectivity index (χ1) is 5.83. The molecular formula is C10H19NO. The van der Waals surface area contributed by atoms with Crippen LogP contribution in [0.15, 0.2) is 12.7 Å². The van der Waals surface area contributed by atoms with E-state index in [1.165, 1.54) is 12.8 Å². The van der Waals surface area contributed by atoms with E-state index in [1.54, 1.807) is 0 Å². The van der Waals surface area contributed by atoms with Crippen molar-refractivity contribution in [2.45, 2.75) is 38.3 Å². The molecule has 1 N–H and O–H groups in total. The van der Waals surface area contributed by atoms with E-state index in [2.05, 4.69) is 18.8 Å². The van der Waals surface area contributed by atoms with Gasteiger partial charge in [-0.1, -0.05) is 6.08 Å². The zero-order valence-corrected chi connectivity index (χ0v) is 7.88. The number of nitrogens with one attached hydrogen (secondary N) is 1. The van der Waals surface area contributed by atoms with Gasteiger partial charge in [-0.3, -0.25) is 0 Å². The summed E-state index contributed by atoms with van der Waals surface area (Å²) in [5.41, 5.74) is 0. The van der Waals surface area contributed by atoms with Crippen molar-refractivity contribution in [2.24, 2.45) is 0 Å². The van der Waals surface area contributed by atoms with E-state index in [0.717, 1.165) is 19.6 Å². The molecule has 2 heteroatoms. The van der Waals surface area contributed by atoms with Gasteiger partial charge in [0, 0.05) is 19.2 Å². The maximum absolute atomic E-state index is 5.49. The van der Waals surface area contributed by atoms with E-state index in [0.29, 0.717) is 12.1 Å². The van der Waals surface area contributed by atoms with Crippen molar-refractivity contribution in [1.29, 1.82) is 0 Å². The Labute approximate surface area is 75.0 Å². The summed E-state index contributed by atoms with van der Waals surface area (Å²) < 4.78 is 5.49. The topological polar surface area (TPSA) is 21.3 Å². The summed E-state index contributed by atoms with van der Waals surface area (Å²) in [6, 6.07) is 0.534. The van der Waals surface area contributed by atoms with Gasteiger partial charge in [0.2, 0.25) is 0 Å². The Kier molecular flexibility index (Phi) is 4.33. The fraction of sp³-hybridized carbons (Fsp3) is 0.800. The summed E-state index contributed by atoms with van der Waals surface area (Å²) >= 11 is 0. The number of hydrogen-bond acceptors (Lipinski definition) is 2. The largest absolute Gasteiger partial charge is 0.377 e. The minimum Gasteiger partial charge on any atom is -0.377 e. The molecule has 1 unspecified atom stereocenters. The summed E-state index contributed by atoms with van der Waals surface area (Å²) in [7, 11) is 0. The Balaban J connectivity index is 2.03. The molecule has 1 fully saturated rings. The highest BCUT2D eigenvalue weighted by atomic mass is 16.5. The lowest BCUT2D eigenvalue weighted by Crippen LogP contribution is -2.33. The third-order valence-corrected chi connectivity index (χ3v) is 2.24. The molecule has 70 valence electrons. The van der Waals surface area contributed by atoms with Crippen molar-refractivity contribution in [3.63, 3.8) is 0 Å². The van der Waals surface area contributed by atoms with Gasteiger partial charge in [-0.05, 0) is 26.2 Å². The van der Waals surface area contributed by atoms with Crippen molar-refractivity contribution in [1.82, 2.24) is 5.32 Å². The van der Waals surface area contributed by atoms with Crippen LogP contribution < -0.4 is 5.32 Å². The van der Waals surface area contributed by atoms with Gasteiger partial charge in [0.05, 0.1) is 6.10 Å². The monoisotopic (exact) mass is 169 g/mol. The molecule has 12 heavy (non-hydrogen) atoms. The molecule has 1 aliphatic heterocycles. The van der Waals surface area contributed by atoms with Gasteiger partial charge in [0.1, 0.15) is 0 Å². The lowest BCUT2D eigenvalue weighted by molar-refractivity contribution is 0.108. The lowest BCUT2D eigenvalue weighted by Gasteiger charge is -2.15. The molecule has 0 saturated carbocycles. The summed E-state index contributed by atoms with van der Waals surface area (Å²) in [6.07, 6.45) is 5.88. The SMILES string of the molecule is C=CCC(C)NC[C@H]1CCCO1. The molecule has 0 amide bonds. The fourth-order valence-electron chi connectivity index (χ4n) is 1.47. The van der Waals surface area contributed by atoms with Gasteiger partial charge in [-0.15, -0.1) is 6.58 Å². The third-order valence-electron chi connectivity index (χ3n) is 2.24. The van der Waals surface area contributed by atoms with Crippen LogP contribution in [0.5, 0.6) is 0 Å². The van der Waals surface area contributed by atoms with E-state index in [9.17, 15) is 0 Å². The Morgan fingerprint density at radius 1 is 1.75 bits per heavy atom. The second kappa shape index (κ2) is 5.33. The second-order valence-electron chi connectivity index (χ2n) is 3.47. The van der Waals surface area contributed by atoms with Crippen molar-refractivity contribution in [2.75, 3.05) is 13.2 Å². The summed E-state index contributed by atoms with van der Waals surface area (Å²) in [6.45, 7) is 7.83. The van der Waals surface area contributed by atoms with Gasteiger partial charge in [-0.2, -0.15) is 0 Å². The lowest BCUT2D eigenvalue weighted by atomic mass is 10.2. The standard InChI is InChI=1S/C10H19NO/c1-3-5-9(2)11-8-10-6-4-7-12-10/h3,9-11H,1,4-8H2,2H3/t9?,10-/m1/s1. The predicted molar refractivity (Wildman–Crippen MR) is 51.3 cm³/mol. The normalized spacial score (nSPS) is 25.6. The van der Waals surface area contributed by atoms with Crippen molar-refractivity contribution < 1.29 is 4.74 Å². The first-order valence-corrected chi connectivity index (χ1v) is 4.79. The van der Waals surface area contributed by atoms with Crippen LogP contribution in [0, 0.1) is 0 Å². The third kappa shape index (κ3) is 3.37. The Bertz CT molecular complexity index is 130. The fourth-order valence-corrected chi connectivity index (χ4v) is 1.47. The molecular weight excluding hydrogens is 150 g/mol. The van der Waals surface area contributed by atoms with Crippen LogP contribution in [0.4, 0.5) is 0 Å². The van der Waals surface area contributed by atoms with Crippen LogP contribution in [0.1, 0.15) is 26.2 Å². The maximum Gasteiger partial charge on any atom is 0.0700 e. The smallest absolute Gasteiger partial charge is 0.0700 e. The highest BCUT2D eigenvalue weighted by Gasteiger charge is 2.15.